The highest BCUT2D eigenvalue weighted by Gasteiger charge is 2.27. The molecule has 6 aromatic heterocycles. The fraction of sp³-hybridized carbons (Fsp3) is 0.110. The van der Waals surface area contributed by atoms with Crippen molar-refractivity contribution in [3.63, 3.8) is 0 Å². The molecule has 97 heavy (non-hydrogen) atoms. The Morgan fingerprint density at radius 2 is 0.649 bits per heavy atom. The fourth-order valence-corrected chi connectivity index (χ4v) is 14.4. The highest BCUT2D eigenvalue weighted by atomic mass is 16.3. The Kier molecular flexibility index (Phi) is 13.4. The van der Waals surface area contributed by atoms with Crippen LogP contribution in [0, 0.1) is 48.3 Å². The van der Waals surface area contributed by atoms with Crippen LogP contribution in [0.3, 0.4) is 0 Å². The monoisotopic (exact) mass is 1260 g/mol. The highest BCUT2D eigenvalue weighted by Crippen LogP contribution is 2.45. The number of hydrogen-bond acceptors (Lipinski definition) is 3. The zero-order valence-corrected chi connectivity index (χ0v) is 55.5. The summed E-state index contributed by atoms with van der Waals surface area (Å²) in [5.74, 6) is 0. The summed E-state index contributed by atoms with van der Waals surface area (Å²) in [5.41, 5.74) is 23.3. The van der Waals surface area contributed by atoms with E-state index >= 15 is 0 Å². The van der Waals surface area contributed by atoms with E-state index in [1.165, 1.54) is 49.2 Å². The first-order valence-electron chi connectivity index (χ1n) is 35.9. The summed E-state index contributed by atoms with van der Waals surface area (Å²) >= 11 is 0. The number of rotatable bonds is 6. The Hall–Kier alpha value is -11.7. The van der Waals surface area contributed by atoms with E-state index in [9.17, 15) is 0 Å². The molecule has 0 saturated heterocycles. The number of pyridine rings is 3. The quantitative estimate of drug-likeness (QED) is 0.156. The average molecular weight is 1260 g/mol. The Morgan fingerprint density at radius 3 is 1.05 bits per heavy atom. The third kappa shape index (κ3) is 10.6. The SMILES string of the molecule is Cc1ccc(-c2cc[n+](C)c(-c3c(C)ccc4c3oc3ccc5ccccc5c34)c2)cc1.[2H]C([2H])([2H])c1c[n+](C)c(-c2c(C)ccc3c2oc2ccc4ccccc4c23)cc1-c1ccc(C)cc1.[2H]C([2H])([2H])c1c[n+](C)c(-c2c(C)ccc3c2oc2ccc4ccccc4c23)cc1-c1ccccc1. The van der Waals surface area contributed by atoms with Crippen LogP contribution in [0.1, 0.15) is 47.2 Å². The van der Waals surface area contributed by atoms with Crippen LogP contribution in [0.5, 0.6) is 0 Å². The minimum Gasteiger partial charge on any atom is -0.455 e. The summed E-state index contributed by atoms with van der Waals surface area (Å²) in [7, 11) is 5.90. The van der Waals surface area contributed by atoms with Crippen molar-refractivity contribution < 1.29 is 35.2 Å². The van der Waals surface area contributed by atoms with Crippen molar-refractivity contribution in [3.05, 3.63) is 306 Å². The van der Waals surface area contributed by atoms with Crippen LogP contribution in [0.4, 0.5) is 0 Å². The van der Waals surface area contributed by atoms with Gasteiger partial charge in [0.2, 0.25) is 17.1 Å². The molecule has 0 unspecified atom stereocenters. The number of aromatic nitrogens is 3. The van der Waals surface area contributed by atoms with Crippen molar-refractivity contribution in [1.82, 2.24) is 0 Å². The zero-order chi connectivity index (χ0) is 71.3. The minimum absolute atomic E-state index is 0.329. The van der Waals surface area contributed by atoms with Crippen molar-refractivity contribution in [2.75, 3.05) is 0 Å². The lowest BCUT2D eigenvalue weighted by molar-refractivity contribution is -0.660. The maximum absolute atomic E-state index is 8.20. The molecule has 6 heteroatoms. The lowest BCUT2D eigenvalue weighted by atomic mass is 9.95. The molecule has 6 heterocycles. The minimum atomic E-state index is -2.24. The van der Waals surface area contributed by atoms with Crippen molar-refractivity contribution in [3.8, 4) is 67.2 Å². The van der Waals surface area contributed by atoms with E-state index in [0.717, 1.165) is 133 Å². The smallest absolute Gasteiger partial charge is 0.216 e. The van der Waals surface area contributed by atoms with Gasteiger partial charge in [-0.05, 0) is 149 Å². The van der Waals surface area contributed by atoms with E-state index in [-0.39, 0.29) is 0 Å². The zero-order valence-electron chi connectivity index (χ0n) is 61.5. The maximum Gasteiger partial charge on any atom is 0.216 e. The van der Waals surface area contributed by atoms with Gasteiger partial charge in [0.05, 0.1) is 16.7 Å². The molecular formula is C91H74N3O3+3. The Morgan fingerprint density at radius 1 is 0.289 bits per heavy atom. The van der Waals surface area contributed by atoms with Gasteiger partial charge in [-0.2, -0.15) is 0 Å². The number of fused-ring (bicyclic) bond motifs is 15. The lowest BCUT2D eigenvalue weighted by Crippen LogP contribution is -2.31. The van der Waals surface area contributed by atoms with Gasteiger partial charge in [0.1, 0.15) is 54.6 Å². The highest BCUT2D eigenvalue weighted by molar-refractivity contribution is 6.23. The molecule has 12 aromatic carbocycles. The van der Waals surface area contributed by atoms with Gasteiger partial charge in [-0.25, -0.2) is 13.7 Å². The molecule has 18 aromatic rings. The molecule has 0 bridgehead atoms. The number of furan rings is 3. The molecule has 0 aliphatic carbocycles. The summed E-state index contributed by atoms with van der Waals surface area (Å²) in [6.07, 6.45) is 5.62. The summed E-state index contributed by atoms with van der Waals surface area (Å²) in [6.45, 7) is 5.98. The van der Waals surface area contributed by atoms with Crippen LogP contribution in [0.2, 0.25) is 0 Å². The van der Waals surface area contributed by atoms with E-state index in [1.54, 1.807) is 12.4 Å². The predicted octanol–water partition coefficient (Wildman–Crippen LogP) is 22.9. The Bertz CT molecular complexity index is 6420. The second-order valence-electron chi connectivity index (χ2n) is 25.9. The molecule has 6 nitrogen and oxygen atoms in total. The van der Waals surface area contributed by atoms with E-state index < -0.39 is 13.7 Å². The molecule has 0 radical (unpaired) electrons. The number of nitrogens with zero attached hydrogens (tertiary/aromatic N) is 3. The first-order valence-corrected chi connectivity index (χ1v) is 32.9. The van der Waals surface area contributed by atoms with E-state index in [1.807, 2.05) is 121 Å². The predicted molar refractivity (Wildman–Crippen MR) is 403 cm³/mol. The fourth-order valence-electron chi connectivity index (χ4n) is 14.4. The van der Waals surface area contributed by atoms with E-state index in [0.29, 0.717) is 22.3 Å². The van der Waals surface area contributed by atoms with Crippen LogP contribution >= 0.6 is 0 Å². The first-order chi connectivity index (χ1) is 49.6. The van der Waals surface area contributed by atoms with Crippen LogP contribution in [-0.4, -0.2) is 0 Å². The first kappa shape index (κ1) is 53.6. The third-order valence-electron chi connectivity index (χ3n) is 19.5. The molecule has 0 saturated carbocycles. The van der Waals surface area contributed by atoms with Crippen molar-refractivity contribution in [2.24, 2.45) is 21.1 Å². The van der Waals surface area contributed by atoms with Gasteiger partial charge in [0.25, 0.3) is 0 Å². The second-order valence-corrected chi connectivity index (χ2v) is 25.9. The summed E-state index contributed by atoms with van der Waals surface area (Å²) in [4.78, 5) is 0. The van der Waals surface area contributed by atoms with Crippen molar-refractivity contribution in [2.45, 2.75) is 48.3 Å². The molecule has 468 valence electrons. The summed E-state index contributed by atoms with van der Waals surface area (Å²) < 4.78 is 74.6. The summed E-state index contributed by atoms with van der Waals surface area (Å²) in [5, 5.41) is 13.8. The van der Waals surface area contributed by atoms with Crippen molar-refractivity contribution >= 4 is 98.1 Å². The molecular weight excluding hydrogens is 1180 g/mol. The molecule has 0 amide bonds. The standard InChI is InChI=1S/C31H26NO.2C30H24NO/c1-19-9-12-23(13-10-19)26-17-27(32(4)18-21(26)3)29-20(2)11-15-25-30-24-8-6-5-7-22(24)14-16-28(30)33-31(25)29;1-19-13-15-24-29-23-12-8-7-11-22(23)14-16-27(29)32-30(24)28(19)26-17-25(20(2)18-31(26)3)21-9-5-4-6-10-21;1-19-8-11-21(12-9-19)23-16-17-31(3)26(18-23)28-20(2)10-14-25-29-24-7-5-4-6-22(24)13-15-27(29)32-30(25)28/h5-18H,1-4H3;2*4-18H,1-3H3/q3*+1/i3D3;2D3;. The molecule has 0 spiro atoms. The van der Waals surface area contributed by atoms with Gasteiger partial charge in [-0.15, -0.1) is 0 Å². The Balaban J connectivity index is 0.000000119. The van der Waals surface area contributed by atoms with Gasteiger partial charge >= 0.3 is 0 Å². The van der Waals surface area contributed by atoms with Gasteiger partial charge < -0.3 is 13.3 Å². The van der Waals surface area contributed by atoms with Gasteiger partial charge in [0, 0.05) is 75.9 Å². The molecule has 0 fully saturated rings. The largest absolute Gasteiger partial charge is 0.455 e. The number of hydrogen-bond donors (Lipinski definition) is 0. The molecule has 0 N–H and O–H groups in total. The van der Waals surface area contributed by atoms with E-state index in [2.05, 4.69) is 203 Å². The second kappa shape index (κ2) is 24.2. The topological polar surface area (TPSA) is 51.1 Å². The van der Waals surface area contributed by atoms with Gasteiger partial charge in [0.15, 0.2) is 18.6 Å². The maximum atomic E-state index is 8.20. The van der Waals surface area contributed by atoms with E-state index in [4.69, 9.17) is 21.5 Å². The van der Waals surface area contributed by atoms with Crippen LogP contribution in [0.25, 0.3) is 165 Å². The average Bonchev–Trinajstić information content (AvgIpc) is 1.62. The van der Waals surface area contributed by atoms with Crippen molar-refractivity contribution in [1.29, 1.82) is 0 Å². The molecule has 0 atom stereocenters. The van der Waals surface area contributed by atoms with Crippen LogP contribution in [-0.2, 0) is 21.1 Å². The summed E-state index contributed by atoms with van der Waals surface area (Å²) in [6, 6.07) is 85.5. The van der Waals surface area contributed by atoms with Gasteiger partial charge in [-0.1, -0.05) is 217 Å². The normalized spacial score (nSPS) is 12.8. The molecule has 0 aliphatic heterocycles. The lowest BCUT2D eigenvalue weighted by Gasteiger charge is -2.10. The molecule has 0 aliphatic rings. The van der Waals surface area contributed by atoms with Gasteiger partial charge in [-0.3, -0.25) is 0 Å². The number of benzene rings is 12. The molecule has 18 rings (SSSR count). The van der Waals surface area contributed by atoms with Crippen LogP contribution in [0.15, 0.2) is 281 Å². The van der Waals surface area contributed by atoms with Crippen LogP contribution < -0.4 is 13.7 Å². The third-order valence-corrected chi connectivity index (χ3v) is 19.5. The Labute approximate surface area is 573 Å². The number of aryl methyl sites for hydroxylation is 10.